The van der Waals surface area contributed by atoms with Gasteiger partial charge < -0.3 is 10.1 Å². The van der Waals surface area contributed by atoms with Crippen molar-refractivity contribution in [1.82, 2.24) is 4.31 Å². The van der Waals surface area contributed by atoms with Crippen molar-refractivity contribution in [3.63, 3.8) is 0 Å². The van der Waals surface area contributed by atoms with Crippen molar-refractivity contribution < 1.29 is 31.5 Å². The van der Waals surface area contributed by atoms with Gasteiger partial charge in [-0.1, -0.05) is 25.4 Å². The second-order valence-electron chi connectivity index (χ2n) is 6.40. The first kappa shape index (κ1) is 24.7. The fourth-order valence-corrected chi connectivity index (χ4v) is 4.26. The summed E-state index contributed by atoms with van der Waals surface area (Å²) in [7, 11) is -3.79. The summed E-state index contributed by atoms with van der Waals surface area (Å²) in [5.41, 5.74) is -0.264. The topological polar surface area (TPSA) is 92.8 Å². The summed E-state index contributed by atoms with van der Waals surface area (Å²) < 4.78 is 57.8. The minimum absolute atomic E-state index is 0.00984. The Bertz CT molecular complexity index is 1090. The molecule has 0 aliphatic rings. The zero-order valence-electron chi connectivity index (χ0n) is 17.0. The van der Waals surface area contributed by atoms with E-state index < -0.39 is 39.6 Å². The van der Waals surface area contributed by atoms with Crippen LogP contribution >= 0.6 is 11.6 Å². The van der Waals surface area contributed by atoms with E-state index in [-0.39, 0.29) is 34.3 Å². The Kier molecular flexibility index (Phi) is 8.10. The number of esters is 1. The van der Waals surface area contributed by atoms with E-state index in [4.69, 9.17) is 16.3 Å². The smallest absolute Gasteiger partial charge is 0.339 e. The molecular weight excluding hydrogens is 454 g/mol. The van der Waals surface area contributed by atoms with Crippen molar-refractivity contribution >= 4 is 39.2 Å². The number of carbonyl (C=O) groups is 2. The molecule has 1 atom stereocenters. The number of nitrogens with one attached hydrogen (secondary N) is 1. The summed E-state index contributed by atoms with van der Waals surface area (Å²) in [5, 5.41) is 2.48. The maximum Gasteiger partial charge on any atom is 0.339 e. The number of carbonyl (C=O) groups excluding carboxylic acids is 2. The molecule has 0 aromatic heterocycles. The van der Waals surface area contributed by atoms with Crippen molar-refractivity contribution in [3.05, 3.63) is 58.6 Å². The number of nitrogens with zero attached hydrogens (tertiary/aromatic N) is 1. The maximum absolute atomic E-state index is 13.3. The van der Waals surface area contributed by atoms with Crippen LogP contribution in [-0.4, -0.2) is 43.8 Å². The average molecular weight is 475 g/mol. The summed E-state index contributed by atoms with van der Waals surface area (Å²) in [6, 6.07) is 6.28. The van der Waals surface area contributed by atoms with Crippen LogP contribution in [0.2, 0.25) is 5.02 Å². The van der Waals surface area contributed by atoms with Crippen LogP contribution in [0.3, 0.4) is 0 Å². The van der Waals surface area contributed by atoms with E-state index in [0.717, 1.165) is 12.1 Å². The summed E-state index contributed by atoms with van der Waals surface area (Å²) in [6.07, 6.45) is -1.33. The fourth-order valence-electron chi connectivity index (χ4n) is 2.61. The highest BCUT2D eigenvalue weighted by Gasteiger charge is 2.24. The number of ether oxygens (including phenoxy) is 1. The van der Waals surface area contributed by atoms with Crippen LogP contribution in [0, 0.1) is 11.6 Å². The molecule has 2 aromatic carbocycles. The van der Waals surface area contributed by atoms with E-state index in [2.05, 4.69) is 5.32 Å². The predicted octanol–water partition coefficient (Wildman–Crippen LogP) is 3.83. The van der Waals surface area contributed by atoms with Gasteiger partial charge in [-0.25, -0.2) is 22.0 Å². The zero-order chi connectivity index (χ0) is 23.3. The summed E-state index contributed by atoms with van der Waals surface area (Å²) in [4.78, 5) is 24.4. The molecule has 0 saturated heterocycles. The summed E-state index contributed by atoms with van der Waals surface area (Å²) >= 11 is 6.07. The quantitative estimate of drug-likeness (QED) is 0.587. The molecule has 7 nitrogen and oxygen atoms in total. The number of hydrogen-bond donors (Lipinski definition) is 1. The first-order valence-corrected chi connectivity index (χ1v) is 11.1. The van der Waals surface area contributed by atoms with Crippen molar-refractivity contribution in [2.24, 2.45) is 0 Å². The molecule has 0 fully saturated rings. The van der Waals surface area contributed by atoms with Gasteiger partial charge in [0, 0.05) is 13.1 Å². The van der Waals surface area contributed by atoms with E-state index in [9.17, 15) is 26.8 Å². The lowest BCUT2D eigenvalue weighted by atomic mass is 10.2. The molecule has 2 rings (SSSR count). The Morgan fingerprint density at radius 3 is 2.32 bits per heavy atom. The molecule has 0 aliphatic heterocycles. The van der Waals surface area contributed by atoms with E-state index in [1.54, 1.807) is 13.8 Å². The SMILES string of the molecule is CCN(CC)S(=O)(=O)c1ccc(Cl)c(NC(=O)C(C)OC(=O)c2ccc(F)c(F)c2)c1. The second kappa shape index (κ2) is 10.2. The predicted molar refractivity (Wildman–Crippen MR) is 111 cm³/mol. The van der Waals surface area contributed by atoms with Crippen LogP contribution in [0.5, 0.6) is 0 Å². The standard InChI is InChI=1S/C20H21ClF2N2O5S/c1-4-25(5-2)31(28,29)14-7-8-15(21)18(11-14)24-19(26)12(3)30-20(27)13-6-9-16(22)17(23)10-13/h6-12H,4-5H2,1-3H3,(H,24,26). The van der Waals surface area contributed by atoms with Gasteiger partial charge in [0.2, 0.25) is 10.0 Å². The monoisotopic (exact) mass is 474 g/mol. The third kappa shape index (κ3) is 5.78. The zero-order valence-corrected chi connectivity index (χ0v) is 18.6. The molecule has 1 unspecified atom stereocenters. The van der Waals surface area contributed by atoms with Gasteiger partial charge in [-0.15, -0.1) is 0 Å². The third-order valence-electron chi connectivity index (χ3n) is 4.35. The molecule has 31 heavy (non-hydrogen) atoms. The number of halogens is 3. The molecule has 0 radical (unpaired) electrons. The van der Waals surface area contributed by atoms with Crippen LogP contribution in [-0.2, 0) is 19.6 Å². The minimum Gasteiger partial charge on any atom is -0.449 e. The van der Waals surface area contributed by atoms with Gasteiger partial charge >= 0.3 is 5.97 Å². The van der Waals surface area contributed by atoms with Crippen LogP contribution < -0.4 is 5.32 Å². The molecule has 2 aromatic rings. The first-order valence-electron chi connectivity index (χ1n) is 9.27. The van der Waals surface area contributed by atoms with Crippen LogP contribution in [0.15, 0.2) is 41.3 Å². The van der Waals surface area contributed by atoms with Crippen molar-refractivity contribution in [2.75, 3.05) is 18.4 Å². The van der Waals surface area contributed by atoms with Gasteiger partial charge in [-0.2, -0.15) is 4.31 Å². The van der Waals surface area contributed by atoms with Gasteiger partial charge in [0.15, 0.2) is 17.7 Å². The molecule has 0 bridgehead atoms. The lowest BCUT2D eigenvalue weighted by molar-refractivity contribution is -0.123. The maximum atomic E-state index is 13.3. The van der Waals surface area contributed by atoms with Gasteiger partial charge in [0.05, 0.1) is 21.2 Å². The highest BCUT2D eigenvalue weighted by atomic mass is 35.5. The Morgan fingerprint density at radius 1 is 1.10 bits per heavy atom. The number of anilines is 1. The molecule has 1 N–H and O–H groups in total. The van der Waals surface area contributed by atoms with E-state index in [1.165, 1.54) is 29.4 Å². The summed E-state index contributed by atoms with van der Waals surface area (Å²) in [6.45, 7) is 5.18. The second-order valence-corrected chi connectivity index (χ2v) is 8.74. The lowest BCUT2D eigenvalue weighted by Crippen LogP contribution is -2.31. The summed E-state index contributed by atoms with van der Waals surface area (Å²) in [5.74, 6) is -4.19. The minimum atomic E-state index is -3.79. The van der Waals surface area contributed by atoms with E-state index >= 15 is 0 Å². The van der Waals surface area contributed by atoms with Crippen molar-refractivity contribution in [2.45, 2.75) is 31.8 Å². The molecule has 168 valence electrons. The van der Waals surface area contributed by atoms with Gasteiger partial charge in [-0.3, -0.25) is 4.79 Å². The molecule has 0 spiro atoms. The highest BCUT2D eigenvalue weighted by Crippen LogP contribution is 2.27. The number of amides is 1. The Hall–Kier alpha value is -2.56. The van der Waals surface area contributed by atoms with Crippen LogP contribution in [0.4, 0.5) is 14.5 Å². The molecule has 11 heteroatoms. The Balaban J connectivity index is 2.17. The number of benzene rings is 2. The fraction of sp³-hybridized carbons (Fsp3) is 0.300. The number of hydrogen-bond acceptors (Lipinski definition) is 5. The average Bonchev–Trinajstić information content (AvgIpc) is 2.71. The number of rotatable bonds is 8. The molecule has 0 saturated carbocycles. The van der Waals surface area contributed by atoms with Gasteiger partial charge in [-0.05, 0) is 43.3 Å². The van der Waals surface area contributed by atoms with Crippen molar-refractivity contribution in [1.29, 1.82) is 0 Å². The molecule has 0 aliphatic carbocycles. The van der Waals surface area contributed by atoms with E-state index in [1.807, 2.05) is 0 Å². The third-order valence-corrected chi connectivity index (χ3v) is 6.72. The molecule has 1 amide bonds. The molecule has 0 heterocycles. The normalized spacial score (nSPS) is 12.5. The Morgan fingerprint density at radius 2 is 1.74 bits per heavy atom. The Labute approximate surface area is 184 Å². The van der Waals surface area contributed by atoms with E-state index in [0.29, 0.717) is 6.07 Å². The van der Waals surface area contributed by atoms with Crippen molar-refractivity contribution in [3.8, 4) is 0 Å². The van der Waals surface area contributed by atoms with Gasteiger partial charge in [0.1, 0.15) is 0 Å². The lowest BCUT2D eigenvalue weighted by Gasteiger charge is -2.19. The first-order chi connectivity index (χ1) is 14.5. The van der Waals surface area contributed by atoms with Crippen LogP contribution in [0.1, 0.15) is 31.1 Å². The van der Waals surface area contributed by atoms with Crippen LogP contribution in [0.25, 0.3) is 0 Å². The largest absolute Gasteiger partial charge is 0.449 e. The highest BCUT2D eigenvalue weighted by molar-refractivity contribution is 7.89. The number of sulfonamides is 1. The van der Waals surface area contributed by atoms with Gasteiger partial charge in [0.25, 0.3) is 5.91 Å². The molecular formula is C20H21ClF2N2O5S.